The van der Waals surface area contributed by atoms with Gasteiger partial charge in [-0.3, -0.25) is 0 Å². The quantitative estimate of drug-likeness (QED) is 0.0725. The van der Waals surface area contributed by atoms with Crippen molar-refractivity contribution in [2.24, 2.45) is 11.8 Å². The van der Waals surface area contributed by atoms with E-state index in [0.717, 1.165) is 18.8 Å². The maximum absolute atomic E-state index is 3.91. The molecule has 0 radical (unpaired) electrons. The number of anilines is 6. The van der Waals surface area contributed by atoms with Crippen LogP contribution in [-0.4, -0.2) is 13.1 Å². The zero-order valence-electron chi connectivity index (χ0n) is 44.7. The van der Waals surface area contributed by atoms with Crippen LogP contribution in [0.2, 0.25) is 0 Å². The number of nitrogens with one attached hydrogen (secondary N) is 1. The zero-order chi connectivity index (χ0) is 49.4. The van der Waals surface area contributed by atoms with E-state index in [9.17, 15) is 0 Å². The Morgan fingerprint density at radius 1 is 0.435 bits per heavy atom. The Labute approximate surface area is 418 Å². The van der Waals surface area contributed by atoms with Crippen molar-refractivity contribution in [2.45, 2.75) is 147 Å². The van der Waals surface area contributed by atoms with Gasteiger partial charge in [0.25, 0.3) is 0 Å². The van der Waals surface area contributed by atoms with Gasteiger partial charge >= 0.3 is 0 Å². The Morgan fingerprint density at radius 2 is 0.826 bits per heavy atom. The van der Waals surface area contributed by atoms with Crippen molar-refractivity contribution >= 4 is 44.9 Å². The molecule has 0 heterocycles. The molecule has 0 saturated carbocycles. The second-order valence-electron chi connectivity index (χ2n) is 20.8. The van der Waals surface area contributed by atoms with Crippen molar-refractivity contribution in [2.75, 3.05) is 28.2 Å². The summed E-state index contributed by atoms with van der Waals surface area (Å²) in [6.45, 7) is 31.7. The molecule has 69 heavy (non-hydrogen) atoms. The smallest absolute Gasteiger partial charge is 0.0470 e. The third kappa shape index (κ3) is 11.8. The highest BCUT2D eigenvalue weighted by Gasteiger charge is 2.25. The molecular formula is C66H83N3. The maximum Gasteiger partial charge on any atom is 0.0470 e. The third-order valence-electron chi connectivity index (χ3n) is 15.1. The highest BCUT2D eigenvalue weighted by molar-refractivity contribution is 5.98. The van der Waals surface area contributed by atoms with Crippen LogP contribution in [0.3, 0.4) is 0 Å². The highest BCUT2D eigenvalue weighted by Crippen LogP contribution is 2.43. The van der Waals surface area contributed by atoms with E-state index in [1.54, 1.807) is 0 Å². The van der Waals surface area contributed by atoms with Crippen LogP contribution in [0.1, 0.15) is 152 Å². The van der Waals surface area contributed by atoms with Crippen LogP contribution >= 0.6 is 0 Å². The zero-order valence-corrected chi connectivity index (χ0v) is 44.7. The van der Waals surface area contributed by atoms with E-state index in [1.807, 2.05) is 0 Å². The Kier molecular flexibility index (Phi) is 17.2. The van der Waals surface area contributed by atoms with Crippen LogP contribution in [0.4, 0.5) is 34.1 Å². The number of unbranched alkanes of at least 4 members (excludes halogenated alkanes) is 2. The van der Waals surface area contributed by atoms with Gasteiger partial charge in [0.05, 0.1) is 0 Å². The van der Waals surface area contributed by atoms with Crippen molar-refractivity contribution in [3.8, 4) is 0 Å². The van der Waals surface area contributed by atoms with Crippen LogP contribution in [-0.2, 0) is 0 Å². The first-order chi connectivity index (χ1) is 33.2. The van der Waals surface area contributed by atoms with E-state index in [2.05, 4.69) is 226 Å². The SMILES string of the molecule is CCCCC(CC)CN(c1ccc(C(c2ccc(N(CC(CC)CCCC)c3c(C)cc(C)cc3C)cc2)c2ccc(Nc3c(C)cc(C)cc3C)c3ccccc23)cc1)c1c(C)cc(C)cc1C. The molecule has 2 unspecified atom stereocenters. The molecule has 0 aliphatic heterocycles. The molecule has 0 aliphatic rings. The van der Waals surface area contributed by atoms with Gasteiger partial charge in [0, 0.05) is 58.5 Å². The summed E-state index contributed by atoms with van der Waals surface area (Å²) >= 11 is 0. The lowest BCUT2D eigenvalue weighted by Gasteiger charge is -2.33. The van der Waals surface area contributed by atoms with Crippen molar-refractivity contribution in [1.29, 1.82) is 0 Å². The molecule has 7 rings (SSSR count). The standard InChI is InChI=1S/C66H83N3/c1-14-18-22-53(16-3)42-68(65-49(10)38-45(6)39-50(65)11)57-30-26-55(27-31-57)63(61-34-35-62(60-25-21-20-24-59(60)61)67-64-47(8)36-44(5)37-48(64)9)56-28-32-58(33-29-56)69(43-54(17-4)23-19-15-2)66-51(12)40-46(7)41-52(66)13/h20-21,24-41,53-54,63,67H,14-19,22-23,42-43H2,1-13H3. The van der Waals surface area contributed by atoms with Crippen LogP contribution in [0.15, 0.2) is 121 Å². The first kappa shape index (κ1) is 51.1. The van der Waals surface area contributed by atoms with Gasteiger partial charge in [-0.25, -0.2) is 0 Å². The lowest BCUT2D eigenvalue weighted by molar-refractivity contribution is 0.458. The first-order valence-electron chi connectivity index (χ1n) is 26.5. The predicted molar refractivity (Wildman–Crippen MR) is 304 cm³/mol. The molecule has 0 fully saturated rings. The second-order valence-corrected chi connectivity index (χ2v) is 20.8. The van der Waals surface area contributed by atoms with Crippen LogP contribution in [0, 0.1) is 74.1 Å². The van der Waals surface area contributed by atoms with Gasteiger partial charge < -0.3 is 15.1 Å². The summed E-state index contributed by atoms with van der Waals surface area (Å²) in [4.78, 5) is 5.28. The molecule has 3 heteroatoms. The number of aryl methyl sites for hydroxylation is 9. The molecule has 0 aliphatic carbocycles. The number of rotatable bonds is 21. The maximum atomic E-state index is 3.91. The largest absolute Gasteiger partial charge is 0.355 e. The fourth-order valence-corrected chi connectivity index (χ4v) is 11.6. The second kappa shape index (κ2) is 23.2. The van der Waals surface area contributed by atoms with Gasteiger partial charge in [-0.05, 0) is 173 Å². The Hall–Kier alpha value is -5.80. The molecule has 1 N–H and O–H groups in total. The number of nitrogens with zero attached hydrogens (tertiary/aromatic N) is 2. The van der Waals surface area contributed by atoms with Gasteiger partial charge in [0.1, 0.15) is 0 Å². The monoisotopic (exact) mass is 918 g/mol. The summed E-state index contributed by atoms with van der Waals surface area (Å²) in [5.41, 5.74) is 23.3. The van der Waals surface area contributed by atoms with Crippen molar-refractivity contribution in [3.63, 3.8) is 0 Å². The third-order valence-corrected chi connectivity index (χ3v) is 15.1. The summed E-state index contributed by atoms with van der Waals surface area (Å²) in [5.74, 6) is 1.24. The van der Waals surface area contributed by atoms with Crippen molar-refractivity contribution < 1.29 is 0 Å². The predicted octanol–water partition coefficient (Wildman–Crippen LogP) is 19.2. The van der Waals surface area contributed by atoms with E-state index in [4.69, 9.17) is 0 Å². The molecule has 0 spiro atoms. The van der Waals surface area contributed by atoms with Gasteiger partial charge in [0.2, 0.25) is 0 Å². The van der Waals surface area contributed by atoms with E-state index in [0.29, 0.717) is 11.8 Å². The fraction of sp³-hybridized carbons (Fsp3) is 0.394. The minimum absolute atomic E-state index is 0.00313. The molecule has 0 saturated heterocycles. The van der Waals surface area contributed by atoms with Crippen molar-refractivity contribution in [1.82, 2.24) is 0 Å². The topological polar surface area (TPSA) is 18.5 Å². The molecular weight excluding hydrogens is 835 g/mol. The number of benzene rings is 7. The summed E-state index contributed by atoms with van der Waals surface area (Å²) in [5, 5.41) is 6.41. The Bertz CT molecular complexity index is 2620. The lowest BCUT2D eigenvalue weighted by Crippen LogP contribution is -2.26. The van der Waals surface area contributed by atoms with Gasteiger partial charge in [-0.2, -0.15) is 0 Å². The molecule has 7 aromatic rings. The molecule has 0 bridgehead atoms. The molecule has 3 nitrogen and oxygen atoms in total. The Morgan fingerprint density at radius 3 is 1.22 bits per heavy atom. The normalized spacial score (nSPS) is 12.8. The molecule has 0 aromatic heterocycles. The van der Waals surface area contributed by atoms with E-state index >= 15 is 0 Å². The van der Waals surface area contributed by atoms with Crippen LogP contribution < -0.4 is 15.1 Å². The fourth-order valence-electron chi connectivity index (χ4n) is 11.6. The molecule has 362 valence electrons. The number of hydrogen-bond acceptors (Lipinski definition) is 3. The first-order valence-corrected chi connectivity index (χ1v) is 26.5. The number of fused-ring (bicyclic) bond motifs is 1. The van der Waals surface area contributed by atoms with Crippen LogP contribution in [0.5, 0.6) is 0 Å². The summed E-state index contributed by atoms with van der Waals surface area (Å²) in [6, 6.07) is 47.1. The van der Waals surface area contributed by atoms with E-state index < -0.39 is 0 Å². The Balaban J connectivity index is 1.38. The average molecular weight is 918 g/mol. The van der Waals surface area contributed by atoms with Gasteiger partial charge in [-0.1, -0.05) is 174 Å². The summed E-state index contributed by atoms with van der Waals surface area (Å²) < 4.78 is 0. The van der Waals surface area contributed by atoms with Crippen molar-refractivity contribution in [3.05, 3.63) is 188 Å². The minimum atomic E-state index is 0.00313. The van der Waals surface area contributed by atoms with E-state index in [-0.39, 0.29) is 5.92 Å². The molecule has 7 aromatic carbocycles. The summed E-state index contributed by atoms with van der Waals surface area (Å²) in [7, 11) is 0. The molecule has 0 amide bonds. The van der Waals surface area contributed by atoms with Gasteiger partial charge in [-0.15, -0.1) is 0 Å². The average Bonchev–Trinajstić information content (AvgIpc) is 3.32. The van der Waals surface area contributed by atoms with Gasteiger partial charge in [0.15, 0.2) is 0 Å². The lowest BCUT2D eigenvalue weighted by atomic mass is 9.82. The highest BCUT2D eigenvalue weighted by atomic mass is 15.1. The van der Waals surface area contributed by atoms with E-state index in [1.165, 1.54) is 157 Å². The number of hydrogen-bond donors (Lipinski definition) is 1. The minimum Gasteiger partial charge on any atom is -0.355 e. The summed E-state index contributed by atoms with van der Waals surface area (Å²) in [6.07, 6.45) is 9.86. The molecule has 2 atom stereocenters. The van der Waals surface area contributed by atoms with Crippen LogP contribution in [0.25, 0.3) is 10.8 Å².